The smallest absolute Gasteiger partial charge is 0.178 e. The van der Waals surface area contributed by atoms with Gasteiger partial charge in [-0.25, -0.2) is 8.42 Å². The van der Waals surface area contributed by atoms with Gasteiger partial charge in [0.05, 0.1) is 10.6 Å². The minimum absolute atomic E-state index is 0.251. The van der Waals surface area contributed by atoms with Crippen LogP contribution in [0.25, 0.3) is 0 Å². The van der Waals surface area contributed by atoms with E-state index in [1.807, 2.05) is 23.9 Å². The molecule has 2 nitrogen and oxygen atoms in total. The molecule has 0 heterocycles. The molecule has 0 aromatic heterocycles. The van der Waals surface area contributed by atoms with Gasteiger partial charge in [0.25, 0.3) is 0 Å². The predicted molar refractivity (Wildman–Crippen MR) is 129 cm³/mol. The number of rotatable bonds is 13. The summed E-state index contributed by atoms with van der Waals surface area (Å²) in [6.45, 7) is 0. The Balaban J connectivity index is 1.53. The molecule has 0 aliphatic heterocycles. The Bertz CT molecular complexity index is 788. The fourth-order valence-corrected chi connectivity index (χ4v) is 5.90. The first-order chi connectivity index (χ1) is 13.5. The largest absolute Gasteiger partial charge is 0.224 e. The molecule has 154 valence electrons. The van der Waals surface area contributed by atoms with Gasteiger partial charge in [0.15, 0.2) is 9.84 Å². The number of alkyl halides is 2. The Kier molecular flexibility index (Phi) is 11.2. The summed E-state index contributed by atoms with van der Waals surface area (Å²) in [5, 5.41) is 1.65. The summed E-state index contributed by atoms with van der Waals surface area (Å²) in [5.41, 5.74) is 2.40. The molecule has 0 aliphatic carbocycles. The zero-order chi connectivity index (χ0) is 20.2. The first-order valence-corrected chi connectivity index (χ1v) is 14.6. The van der Waals surface area contributed by atoms with Crippen molar-refractivity contribution >= 4 is 53.5 Å². The molecule has 0 atom stereocenters. The van der Waals surface area contributed by atoms with Gasteiger partial charge in [-0.15, -0.1) is 11.8 Å². The standard InChI is InChI=1S/C22H28Br2O2S2/c23-17-19-7-11-21(12-8-19)27-15-5-3-1-2-4-6-16-28(25,26)22-13-9-20(18-24)10-14-22/h7-14H,1-6,15-18H2. The highest BCUT2D eigenvalue weighted by atomic mass is 79.9. The molecule has 0 amide bonds. The molecule has 0 bridgehead atoms. The van der Waals surface area contributed by atoms with E-state index in [4.69, 9.17) is 0 Å². The number of benzene rings is 2. The lowest BCUT2D eigenvalue weighted by atomic mass is 10.1. The molecular weight excluding hydrogens is 520 g/mol. The fourth-order valence-electron chi connectivity index (χ4n) is 2.87. The molecule has 0 N–H and O–H groups in total. The number of hydrogen-bond acceptors (Lipinski definition) is 3. The molecule has 6 heteroatoms. The van der Waals surface area contributed by atoms with Crippen LogP contribution in [0.1, 0.15) is 49.7 Å². The zero-order valence-electron chi connectivity index (χ0n) is 16.1. The predicted octanol–water partition coefficient (Wildman–Crippen LogP) is 7.38. The summed E-state index contributed by atoms with van der Waals surface area (Å²) in [5.74, 6) is 1.40. The van der Waals surface area contributed by atoms with Crippen LogP contribution in [-0.2, 0) is 20.5 Å². The molecule has 2 rings (SSSR count). The molecule has 2 aromatic rings. The van der Waals surface area contributed by atoms with Crippen LogP contribution < -0.4 is 0 Å². The van der Waals surface area contributed by atoms with Crippen LogP contribution in [-0.4, -0.2) is 19.9 Å². The molecule has 0 spiro atoms. The van der Waals surface area contributed by atoms with Crippen LogP contribution in [0.2, 0.25) is 0 Å². The van der Waals surface area contributed by atoms with Crippen molar-refractivity contribution < 1.29 is 8.42 Å². The van der Waals surface area contributed by atoms with Crippen LogP contribution in [0.4, 0.5) is 0 Å². The lowest BCUT2D eigenvalue weighted by Gasteiger charge is -2.06. The van der Waals surface area contributed by atoms with Crippen molar-refractivity contribution in [3.63, 3.8) is 0 Å². The second-order valence-corrected chi connectivity index (χ2v) is 11.2. The average Bonchev–Trinajstić information content (AvgIpc) is 2.73. The Morgan fingerprint density at radius 2 is 1.18 bits per heavy atom. The quantitative estimate of drug-likeness (QED) is 0.149. The van der Waals surface area contributed by atoms with Crippen molar-refractivity contribution in [3.05, 3.63) is 59.7 Å². The van der Waals surface area contributed by atoms with Gasteiger partial charge in [-0.1, -0.05) is 81.8 Å². The molecule has 28 heavy (non-hydrogen) atoms. The molecule has 0 saturated heterocycles. The van der Waals surface area contributed by atoms with Crippen molar-refractivity contribution in [1.82, 2.24) is 0 Å². The number of sulfone groups is 1. The van der Waals surface area contributed by atoms with Crippen LogP contribution in [0.15, 0.2) is 58.3 Å². The molecule has 2 aromatic carbocycles. The third-order valence-corrected chi connectivity index (χ3v) is 8.80. The van der Waals surface area contributed by atoms with Crippen LogP contribution >= 0.6 is 43.6 Å². The number of hydrogen-bond donors (Lipinski definition) is 0. The number of unbranched alkanes of at least 4 members (excludes halogenated alkanes) is 5. The SMILES string of the molecule is O=S(=O)(CCCCCCCCSc1ccc(CBr)cc1)c1ccc(CBr)cc1. The maximum absolute atomic E-state index is 12.4. The molecule has 0 saturated carbocycles. The van der Waals surface area contributed by atoms with E-state index >= 15 is 0 Å². The second kappa shape index (κ2) is 13.1. The fraction of sp³-hybridized carbons (Fsp3) is 0.455. The topological polar surface area (TPSA) is 34.1 Å². The van der Waals surface area contributed by atoms with Crippen molar-refractivity contribution in [2.24, 2.45) is 0 Å². The lowest BCUT2D eigenvalue weighted by Crippen LogP contribution is -2.06. The Labute approximate surface area is 191 Å². The van der Waals surface area contributed by atoms with Gasteiger partial charge < -0.3 is 0 Å². The van der Waals surface area contributed by atoms with Gasteiger partial charge in [0.2, 0.25) is 0 Å². The van der Waals surface area contributed by atoms with Crippen molar-refractivity contribution in [2.75, 3.05) is 11.5 Å². The van der Waals surface area contributed by atoms with Crippen molar-refractivity contribution in [3.8, 4) is 0 Å². The van der Waals surface area contributed by atoms with Gasteiger partial charge in [0, 0.05) is 15.6 Å². The van der Waals surface area contributed by atoms with Crippen molar-refractivity contribution in [2.45, 2.75) is 59.0 Å². The average molecular weight is 548 g/mol. The summed E-state index contributed by atoms with van der Waals surface area (Å²) >= 11 is 8.76. The minimum atomic E-state index is -3.14. The Morgan fingerprint density at radius 1 is 0.679 bits per heavy atom. The molecule has 0 radical (unpaired) electrons. The summed E-state index contributed by atoms with van der Waals surface area (Å²) < 4.78 is 24.7. The van der Waals surface area contributed by atoms with E-state index in [0.29, 0.717) is 4.90 Å². The van der Waals surface area contributed by atoms with E-state index in [2.05, 4.69) is 56.1 Å². The molecule has 0 fully saturated rings. The highest BCUT2D eigenvalue weighted by Gasteiger charge is 2.13. The number of halogens is 2. The lowest BCUT2D eigenvalue weighted by molar-refractivity contribution is 0.584. The first kappa shape index (κ1) is 24.0. The summed E-state index contributed by atoms with van der Waals surface area (Å²) in [4.78, 5) is 1.78. The highest BCUT2D eigenvalue weighted by Crippen LogP contribution is 2.21. The van der Waals surface area contributed by atoms with Crippen LogP contribution in [0.3, 0.4) is 0 Å². The summed E-state index contributed by atoms with van der Waals surface area (Å²) in [6.07, 6.45) is 6.46. The molecule has 0 aliphatic rings. The van der Waals surface area contributed by atoms with E-state index < -0.39 is 9.84 Å². The van der Waals surface area contributed by atoms with Gasteiger partial charge in [-0.05, 0) is 54.0 Å². The number of thioether (sulfide) groups is 1. The Morgan fingerprint density at radius 3 is 1.75 bits per heavy atom. The maximum atomic E-state index is 12.4. The first-order valence-electron chi connectivity index (χ1n) is 9.70. The van der Waals surface area contributed by atoms with E-state index in [0.717, 1.165) is 41.2 Å². The third-order valence-electron chi connectivity index (χ3n) is 4.59. The zero-order valence-corrected chi connectivity index (χ0v) is 20.9. The Hall–Kier alpha value is -0.300. The van der Waals surface area contributed by atoms with Gasteiger partial charge in [-0.3, -0.25) is 0 Å². The van der Waals surface area contributed by atoms with E-state index in [9.17, 15) is 8.42 Å². The highest BCUT2D eigenvalue weighted by molar-refractivity contribution is 9.08. The molecule has 0 unspecified atom stereocenters. The van der Waals surface area contributed by atoms with Gasteiger partial charge >= 0.3 is 0 Å². The van der Waals surface area contributed by atoms with Crippen LogP contribution in [0.5, 0.6) is 0 Å². The third kappa shape index (κ3) is 8.60. The van der Waals surface area contributed by atoms with E-state index in [1.165, 1.54) is 29.7 Å². The minimum Gasteiger partial charge on any atom is -0.224 e. The van der Waals surface area contributed by atoms with Crippen LogP contribution in [0, 0.1) is 0 Å². The van der Waals surface area contributed by atoms with Gasteiger partial charge in [0.1, 0.15) is 0 Å². The summed E-state index contributed by atoms with van der Waals surface area (Å²) in [6, 6.07) is 15.9. The normalized spacial score (nSPS) is 11.6. The molecular formula is C22H28Br2O2S2. The van der Waals surface area contributed by atoms with Crippen molar-refractivity contribution in [1.29, 1.82) is 0 Å². The van der Waals surface area contributed by atoms with E-state index in [1.54, 1.807) is 12.1 Å². The van der Waals surface area contributed by atoms with E-state index in [-0.39, 0.29) is 5.75 Å². The second-order valence-electron chi connectivity index (χ2n) is 6.84. The monoisotopic (exact) mass is 546 g/mol. The maximum Gasteiger partial charge on any atom is 0.178 e. The summed E-state index contributed by atoms with van der Waals surface area (Å²) in [7, 11) is -3.14. The van der Waals surface area contributed by atoms with Gasteiger partial charge in [-0.2, -0.15) is 0 Å².